The van der Waals surface area contributed by atoms with Crippen molar-refractivity contribution in [2.45, 2.75) is 79.4 Å². The SMILES string of the molecule is CCO[Si](CCCN(CCC[Si](OCC)(OCC)OCC)C(C[N+](=O)[O-])c1ccc(C)cc1)(OCC)OCC. The number of aryl methyl sites for hydroxylation is 1. The highest BCUT2D eigenvalue weighted by Gasteiger charge is 2.41. The minimum atomic E-state index is -2.82. The molecular formula is C27H52N2O8Si2. The maximum Gasteiger partial charge on any atom is 0.500 e. The van der Waals surface area contributed by atoms with E-state index >= 15 is 0 Å². The van der Waals surface area contributed by atoms with E-state index in [0.29, 0.717) is 64.8 Å². The molecule has 226 valence electrons. The van der Waals surface area contributed by atoms with E-state index in [0.717, 1.165) is 24.0 Å². The van der Waals surface area contributed by atoms with Gasteiger partial charge in [0.15, 0.2) is 0 Å². The summed E-state index contributed by atoms with van der Waals surface area (Å²) in [4.78, 5) is 13.8. The zero-order valence-corrected chi connectivity index (χ0v) is 27.2. The van der Waals surface area contributed by atoms with Gasteiger partial charge in [-0.15, -0.1) is 0 Å². The van der Waals surface area contributed by atoms with Crippen LogP contribution >= 0.6 is 0 Å². The van der Waals surface area contributed by atoms with Gasteiger partial charge in [-0.05, 0) is 80.0 Å². The van der Waals surface area contributed by atoms with Crippen molar-refractivity contribution < 1.29 is 31.5 Å². The van der Waals surface area contributed by atoms with Gasteiger partial charge >= 0.3 is 17.6 Å². The fraction of sp³-hybridized carbons (Fsp3) is 0.778. The Hall–Kier alpha value is -1.23. The van der Waals surface area contributed by atoms with E-state index in [-0.39, 0.29) is 17.5 Å². The monoisotopic (exact) mass is 588 g/mol. The summed E-state index contributed by atoms with van der Waals surface area (Å²) in [7, 11) is -5.65. The van der Waals surface area contributed by atoms with E-state index < -0.39 is 17.6 Å². The van der Waals surface area contributed by atoms with Crippen LogP contribution in [0.2, 0.25) is 12.1 Å². The predicted molar refractivity (Wildman–Crippen MR) is 157 cm³/mol. The van der Waals surface area contributed by atoms with Gasteiger partial charge in [-0.1, -0.05) is 29.8 Å². The second-order valence-corrected chi connectivity index (χ2v) is 14.6. The number of rotatable bonds is 24. The molecule has 0 aliphatic rings. The average molecular weight is 589 g/mol. The fourth-order valence-corrected chi connectivity index (χ4v) is 9.97. The van der Waals surface area contributed by atoms with Crippen molar-refractivity contribution in [3.63, 3.8) is 0 Å². The van der Waals surface area contributed by atoms with Crippen LogP contribution in [0.4, 0.5) is 0 Å². The molecule has 0 spiro atoms. The Morgan fingerprint density at radius 3 is 1.38 bits per heavy atom. The summed E-state index contributed by atoms with van der Waals surface area (Å²) in [6, 6.07) is 8.93. The summed E-state index contributed by atoms with van der Waals surface area (Å²) < 4.78 is 36.3. The summed E-state index contributed by atoms with van der Waals surface area (Å²) in [5, 5.41) is 11.8. The molecule has 39 heavy (non-hydrogen) atoms. The Morgan fingerprint density at radius 2 is 1.08 bits per heavy atom. The van der Waals surface area contributed by atoms with Gasteiger partial charge in [0.1, 0.15) is 6.04 Å². The molecule has 1 atom stereocenters. The number of hydrogen-bond donors (Lipinski definition) is 0. The summed E-state index contributed by atoms with van der Waals surface area (Å²) in [5.41, 5.74) is 2.05. The van der Waals surface area contributed by atoms with Crippen molar-refractivity contribution in [2.75, 3.05) is 59.3 Å². The molecule has 0 aliphatic heterocycles. The quantitative estimate of drug-likeness (QED) is 0.0881. The lowest BCUT2D eigenvalue weighted by molar-refractivity contribution is -0.488. The largest absolute Gasteiger partial charge is 0.500 e. The maximum atomic E-state index is 11.8. The molecule has 0 amide bonds. The number of nitrogens with zero attached hydrogens (tertiary/aromatic N) is 2. The van der Waals surface area contributed by atoms with E-state index in [1.54, 1.807) is 0 Å². The Kier molecular flexibility index (Phi) is 18.2. The van der Waals surface area contributed by atoms with E-state index in [9.17, 15) is 10.1 Å². The van der Waals surface area contributed by atoms with Gasteiger partial charge in [-0.25, -0.2) is 0 Å². The first-order valence-corrected chi connectivity index (χ1v) is 18.4. The molecule has 1 unspecified atom stereocenters. The molecular weight excluding hydrogens is 536 g/mol. The molecule has 0 fully saturated rings. The van der Waals surface area contributed by atoms with Gasteiger partial charge < -0.3 is 26.6 Å². The molecule has 1 rings (SSSR count). The average Bonchev–Trinajstić information content (AvgIpc) is 2.88. The zero-order chi connectivity index (χ0) is 29.2. The molecule has 0 saturated carbocycles. The number of hydrogen-bond acceptors (Lipinski definition) is 9. The van der Waals surface area contributed by atoms with Gasteiger partial charge in [-0.3, -0.25) is 15.0 Å². The second-order valence-electron chi connectivity index (χ2n) is 9.15. The normalized spacial score (nSPS) is 13.2. The fourth-order valence-electron chi connectivity index (χ4n) is 4.78. The molecule has 1 aromatic rings. The van der Waals surface area contributed by atoms with E-state index in [1.165, 1.54) is 0 Å². The van der Waals surface area contributed by atoms with Crippen molar-refractivity contribution in [2.24, 2.45) is 0 Å². The zero-order valence-electron chi connectivity index (χ0n) is 25.2. The Labute approximate surface area is 238 Å². The minimum Gasteiger partial charge on any atom is -0.374 e. The molecule has 0 N–H and O–H groups in total. The lowest BCUT2D eigenvalue weighted by atomic mass is 10.0. The Morgan fingerprint density at radius 1 is 0.718 bits per heavy atom. The predicted octanol–water partition coefficient (Wildman–Crippen LogP) is 5.49. The molecule has 0 saturated heterocycles. The molecule has 0 aliphatic carbocycles. The highest BCUT2D eigenvalue weighted by molar-refractivity contribution is 6.61. The smallest absolute Gasteiger partial charge is 0.374 e. The first kappa shape index (κ1) is 35.8. The third-order valence-electron chi connectivity index (χ3n) is 6.27. The van der Waals surface area contributed by atoms with Gasteiger partial charge in [-0.2, -0.15) is 0 Å². The van der Waals surface area contributed by atoms with Crippen molar-refractivity contribution in [1.29, 1.82) is 0 Å². The van der Waals surface area contributed by atoms with E-state index in [2.05, 4.69) is 4.90 Å². The van der Waals surface area contributed by atoms with Crippen LogP contribution in [-0.4, -0.2) is 86.7 Å². The van der Waals surface area contributed by atoms with Crippen molar-refractivity contribution in [3.05, 3.63) is 45.5 Å². The first-order valence-electron chi connectivity index (χ1n) is 14.5. The summed E-state index contributed by atoms with van der Waals surface area (Å²) >= 11 is 0. The standard InChI is InChI=1S/C27H52N2O8Si2/c1-8-32-38(33-9-2,34-10-3)22-14-20-28(21-15-23-39(35-11-4,36-12-5)37-13-6)27(24-29(30)31)26-18-16-25(7)17-19-26/h16-19,27H,8-15,20-24H2,1-7H3. The highest BCUT2D eigenvalue weighted by Crippen LogP contribution is 2.27. The molecule has 1 aromatic carbocycles. The van der Waals surface area contributed by atoms with Crippen molar-refractivity contribution >= 4 is 17.6 Å². The Balaban J connectivity index is 3.20. The molecule has 0 aromatic heterocycles. The van der Waals surface area contributed by atoms with Crippen LogP contribution < -0.4 is 0 Å². The molecule has 0 bridgehead atoms. The molecule has 0 heterocycles. The van der Waals surface area contributed by atoms with Gasteiger partial charge in [0, 0.05) is 56.7 Å². The van der Waals surface area contributed by atoms with Gasteiger partial charge in [0.25, 0.3) is 0 Å². The van der Waals surface area contributed by atoms with Crippen molar-refractivity contribution in [1.82, 2.24) is 4.90 Å². The van der Waals surface area contributed by atoms with Crippen molar-refractivity contribution in [3.8, 4) is 0 Å². The highest BCUT2D eigenvalue weighted by atomic mass is 28.4. The lowest BCUT2D eigenvalue weighted by Gasteiger charge is -2.33. The number of nitro groups is 1. The third kappa shape index (κ3) is 12.9. The molecule has 10 nitrogen and oxygen atoms in total. The van der Waals surface area contributed by atoms with Crippen LogP contribution in [0.5, 0.6) is 0 Å². The topological polar surface area (TPSA) is 102 Å². The second kappa shape index (κ2) is 19.8. The summed E-state index contributed by atoms with van der Waals surface area (Å²) in [6.07, 6.45) is 1.47. The van der Waals surface area contributed by atoms with E-state index in [1.807, 2.05) is 72.7 Å². The maximum absolute atomic E-state index is 11.8. The van der Waals surface area contributed by atoms with Gasteiger partial charge in [0.2, 0.25) is 6.54 Å². The lowest BCUT2D eigenvalue weighted by Crippen LogP contribution is -2.47. The van der Waals surface area contributed by atoms with E-state index in [4.69, 9.17) is 26.6 Å². The first-order chi connectivity index (χ1) is 18.7. The Bertz CT molecular complexity index is 722. The number of benzene rings is 1. The minimum absolute atomic E-state index is 0.182. The van der Waals surface area contributed by atoms with Crippen LogP contribution in [0.25, 0.3) is 0 Å². The summed E-state index contributed by atoms with van der Waals surface area (Å²) in [6.45, 7) is 17.9. The van der Waals surface area contributed by atoms with Crippen LogP contribution in [0.3, 0.4) is 0 Å². The third-order valence-corrected chi connectivity index (χ3v) is 12.6. The van der Waals surface area contributed by atoms with Crippen LogP contribution in [-0.2, 0) is 26.6 Å². The molecule has 0 radical (unpaired) electrons. The molecule has 12 heteroatoms. The van der Waals surface area contributed by atoms with Crippen LogP contribution in [0.1, 0.15) is 71.6 Å². The van der Waals surface area contributed by atoms with Gasteiger partial charge in [0.05, 0.1) is 0 Å². The van der Waals surface area contributed by atoms with Crippen LogP contribution in [0, 0.1) is 17.0 Å². The van der Waals surface area contributed by atoms with Crippen LogP contribution in [0.15, 0.2) is 24.3 Å². The summed E-state index contributed by atoms with van der Waals surface area (Å²) in [5.74, 6) is 0.